The van der Waals surface area contributed by atoms with Gasteiger partial charge in [0.2, 0.25) is 0 Å². The summed E-state index contributed by atoms with van der Waals surface area (Å²) >= 11 is 0. The Morgan fingerprint density at radius 3 is 2.02 bits per heavy atom. The van der Waals surface area contributed by atoms with E-state index in [4.69, 9.17) is 4.74 Å². The van der Waals surface area contributed by atoms with Crippen LogP contribution in [-0.2, 0) is 49.8 Å². The van der Waals surface area contributed by atoms with Gasteiger partial charge in [-0.25, -0.2) is 14.3 Å². The Balaban J connectivity index is 1.71. The molecule has 0 spiro atoms. The van der Waals surface area contributed by atoms with E-state index in [0.29, 0.717) is 24.1 Å². The standard InChI is InChI=1S/C29H23F9N8O2/c1-4-16-12-39-23-11-22(25(47)48-3)41-46(23)24(16)21-6-5-18(27(30,31)32)9-17(21)14-45(26-40-43-44(2)42-26)13-15-7-19(28(33,34)35)10-20(8-15)29(36,37)38/h5-12H,4,13-14H2,1-3H3. The number of ether oxygens (including phenoxy) is 1. The highest BCUT2D eigenvalue weighted by Crippen LogP contribution is 2.38. The molecular weight excluding hydrogens is 663 g/mol. The molecule has 19 heteroatoms. The molecule has 254 valence electrons. The van der Waals surface area contributed by atoms with Crippen LogP contribution in [-0.4, -0.2) is 47.9 Å². The summed E-state index contributed by atoms with van der Waals surface area (Å²) in [5.74, 6) is -1.11. The minimum atomic E-state index is -5.14. The van der Waals surface area contributed by atoms with Crippen LogP contribution in [0.3, 0.4) is 0 Å². The largest absolute Gasteiger partial charge is 0.464 e. The van der Waals surface area contributed by atoms with Gasteiger partial charge in [-0.2, -0.15) is 49.4 Å². The summed E-state index contributed by atoms with van der Waals surface area (Å²) in [5.41, 5.74) is -3.96. The first-order valence-electron chi connectivity index (χ1n) is 13.8. The van der Waals surface area contributed by atoms with Crippen LogP contribution in [0, 0.1) is 0 Å². The van der Waals surface area contributed by atoms with Crippen molar-refractivity contribution < 1.29 is 49.0 Å². The number of rotatable bonds is 8. The van der Waals surface area contributed by atoms with Gasteiger partial charge in [0, 0.05) is 30.9 Å². The molecule has 5 rings (SSSR count). The normalized spacial score (nSPS) is 12.5. The van der Waals surface area contributed by atoms with Crippen LogP contribution in [0.1, 0.15) is 50.8 Å². The molecule has 2 aromatic carbocycles. The first-order chi connectivity index (χ1) is 22.4. The van der Waals surface area contributed by atoms with E-state index in [1.807, 2.05) is 0 Å². The highest BCUT2D eigenvalue weighted by Gasteiger charge is 2.37. The highest BCUT2D eigenvalue weighted by molar-refractivity contribution is 5.88. The first-order valence-corrected chi connectivity index (χ1v) is 13.8. The lowest BCUT2D eigenvalue weighted by Crippen LogP contribution is -2.25. The maximum Gasteiger partial charge on any atom is 0.416 e. The molecule has 0 saturated heterocycles. The van der Waals surface area contributed by atoms with Crippen LogP contribution >= 0.6 is 0 Å². The number of methoxy groups -OCH3 is 1. The monoisotopic (exact) mass is 686 g/mol. The molecule has 5 aromatic rings. The number of aromatic nitrogens is 7. The van der Waals surface area contributed by atoms with Crippen molar-refractivity contribution in [1.82, 2.24) is 34.8 Å². The second-order valence-corrected chi connectivity index (χ2v) is 10.5. The van der Waals surface area contributed by atoms with Gasteiger partial charge in [-0.05, 0) is 58.7 Å². The number of anilines is 1. The number of esters is 1. The zero-order chi connectivity index (χ0) is 35.2. The Kier molecular flexibility index (Phi) is 8.83. The van der Waals surface area contributed by atoms with E-state index in [2.05, 4.69) is 25.5 Å². The SMILES string of the molecule is CCc1cnc2cc(C(=O)OC)nn2c1-c1ccc(C(F)(F)F)cc1CN(Cc1cc(C(F)(F)F)cc(C(F)(F)F)c1)c1nnn(C)n1. The van der Waals surface area contributed by atoms with Crippen LogP contribution in [0.2, 0.25) is 0 Å². The van der Waals surface area contributed by atoms with Gasteiger partial charge in [-0.15, -0.1) is 5.10 Å². The van der Waals surface area contributed by atoms with Crippen LogP contribution < -0.4 is 4.90 Å². The Morgan fingerprint density at radius 2 is 1.48 bits per heavy atom. The first kappa shape index (κ1) is 34.1. The van der Waals surface area contributed by atoms with Crippen molar-refractivity contribution >= 4 is 17.6 Å². The second kappa shape index (κ2) is 12.4. The Morgan fingerprint density at radius 1 is 0.833 bits per heavy atom. The molecule has 3 heterocycles. The molecule has 0 N–H and O–H groups in total. The van der Waals surface area contributed by atoms with Crippen molar-refractivity contribution in [3.8, 4) is 11.3 Å². The summed E-state index contributed by atoms with van der Waals surface area (Å²) in [7, 11) is 2.47. The fraction of sp³-hybridized carbons (Fsp3) is 0.310. The van der Waals surface area contributed by atoms with Gasteiger partial charge < -0.3 is 9.64 Å². The third-order valence-electron chi connectivity index (χ3n) is 7.19. The maximum atomic E-state index is 14.0. The summed E-state index contributed by atoms with van der Waals surface area (Å²) in [5, 5.41) is 15.8. The van der Waals surface area contributed by atoms with Crippen molar-refractivity contribution in [2.75, 3.05) is 12.0 Å². The van der Waals surface area contributed by atoms with Crippen molar-refractivity contribution in [1.29, 1.82) is 0 Å². The summed E-state index contributed by atoms with van der Waals surface area (Å²) in [6, 6.07) is 5.04. The number of aryl methyl sites for hydroxylation is 2. The fourth-order valence-electron chi connectivity index (χ4n) is 4.99. The van der Waals surface area contributed by atoms with Gasteiger partial charge >= 0.3 is 24.5 Å². The molecule has 0 aliphatic carbocycles. The molecule has 0 aliphatic heterocycles. The average Bonchev–Trinajstić information content (AvgIpc) is 3.65. The quantitative estimate of drug-likeness (QED) is 0.134. The molecule has 0 bridgehead atoms. The topological polar surface area (TPSA) is 103 Å². The number of benzene rings is 2. The predicted octanol–water partition coefficient (Wildman–Crippen LogP) is 6.53. The zero-order valence-corrected chi connectivity index (χ0v) is 25.0. The van der Waals surface area contributed by atoms with E-state index in [9.17, 15) is 44.3 Å². The molecule has 48 heavy (non-hydrogen) atoms. The summed E-state index contributed by atoms with van der Waals surface area (Å²) < 4.78 is 130. The molecule has 0 saturated carbocycles. The lowest BCUT2D eigenvalue weighted by atomic mass is 9.96. The minimum Gasteiger partial charge on any atom is -0.464 e. The van der Waals surface area contributed by atoms with Crippen molar-refractivity contribution in [2.45, 2.75) is 45.0 Å². The van der Waals surface area contributed by atoms with Gasteiger partial charge in [0.05, 0.1) is 36.5 Å². The molecule has 0 fully saturated rings. The molecule has 0 aliphatic rings. The van der Waals surface area contributed by atoms with E-state index in [1.165, 1.54) is 23.8 Å². The second-order valence-electron chi connectivity index (χ2n) is 10.5. The van der Waals surface area contributed by atoms with Gasteiger partial charge in [-0.1, -0.05) is 18.1 Å². The van der Waals surface area contributed by atoms with E-state index >= 15 is 0 Å². The smallest absolute Gasteiger partial charge is 0.416 e. The summed E-state index contributed by atoms with van der Waals surface area (Å²) in [6.45, 7) is 0.484. The van der Waals surface area contributed by atoms with Gasteiger partial charge in [0.25, 0.3) is 5.95 Å². The number of carbonyl (C=O) groups is 1. The third kappa shape index (κ3) is 7.03. The number of hydrogen-bond donors (Lipinski definition) is 0. The summed E-state index contributed by atoms with van der Waals surface area (Å²) in [6.07, 6.45) is -13.4. The number of carbonyl (C=O) groups excluding carboxylic acids is 1. The number of halogens is 9. The van der Waals surface area contributed by atoms with Crippen molar-refractivity contribution in [3.63, 3.8) is 0 Å². The Hall–Kier alpha value is -5.23. The van der Waals surface area contributed by atoms with Crippen LogP contribution in [0.5, 0.6) is 0 Å². The molecule has 10 nitrogen and oxygen atoms in total. The molecule has 3 aromatic heterocycles. The molecule has 0 amide bonds. The summed E-state index contributed by atoms with van der Waals surface area (Å²) in [4.78, 5) is 18.6. The number of alkyl halides is 9. The van der Waals surface area contributed by atoms with Gasteiger partial charge in [0.1, 0.15) is 0 Å². The number of hydrogen-bond acceptors (Lipinski definition) is 8. The van der Waals surface area contributed by atoms with E-state index in [0.717, 1.165) is 35.0 Å². The van der Waals surface area contributed by atoms with E-state index in [-0.39, 0.29) is 40.2 Å². The zero-order valence-electron chi connectivity index (χ0n) is 25.0. The minimum absolute atomic E-state index is 0.0348. The maximum absolute atomic E-state index is 14.0. The highest BCUT2D eigenvalue weighted by atomic mass is 19.4. The van der Waals surface area contributed by atoms with Crippen LogP contribution in [0.4, 0.5) is 45.5 Å². The van der Waals surface area contributed by atoms with Crippen LogP contribution in [0.15, 0.2) is 48.7 Å². The molecule has 0 atom stereocenters. The fourth-order valence-corrected chi connectivity index (χ4v) is 4.99. The Bertz CT molecular complexity index is 1950. The van der Waals surface area contributed by atoms with Crippen LogP contribution in [0.25, 0.3) is 16.9 Å². The van der Waals surface area contributed by atoms with Gasteiger partial charge in [0.15, 0.2) is 11.3 Å². The predicted molar refractivity (Wildman–Crippen MR) is 149 cm³/mol. The molecule has 0 radical (unpaired) electrons. The van der Waals surface area contributed by atoms with Crippen molar-refractivity contribution in [3.05, 3.63) is 87.7 Å². The number of tetrazole rings is 1. The number of fused-ring (bicyclic) bond motifs is 1. The molecular formula is C29H23F9N8O2. The number of nitrogens with zero attached hydrogens (tertiary/aromatic N) is 8. The van der Waals surface area contributed by atoms with Gasteiger partial charge in [-0.3, -0.25) is 0 Å². The van der Waals surface area contributed by atoms with Crippen molar-refractivity contribution in [2.24, 2.45) is 7.05 Å². The van der Waals surface area contributed by atoms with E-state index < -0.39 is 59.8 Å². The molecule has 0 unspecified atom stereocenters. The Labute approximate surface area is 264 Å². The average molecular weight is 687 g/mol. The lowest BCUT2D eigenvalue weighted by Gasteiger charge is -2.25. The lowest BCUT2D eigenvalue weighted by molar-refractivity contribution is -0.143. The third-order valence-corrected chi connectivity index (χ3v) is 7.19. The van der Waals surface area contributed by atoms with E-state index in [1.54, 1.807) is 6.92 Å².